The van der Waals surface area contributed by atoms with E-state index >= 15 is 0 Å². The minimum Gasteiger partial charge on any atom is -0.325 e. The maximum Gasteiger partial charge on any atom is 0.242 e. The number of hydrogen-bond acceptors (Lipinski definition) is 6. The quantitative estimate of drug-likeness (QED) is 0.784. The number of hydrogen-bond donors (Lipinski definition) is 2. The van der Waals surface area contributed by atoms with Crippen LogP contribution in [0, 0.1) is 0 Å². The van der Waals surface area contributed by atoms with Crippen LogP contribution in [0.2, 0.25) is 0 Å². The molecule has 0 aliphatic heterocycles. The van der Waals surface area contributed by atoms with E-state index in [2.05, 4.69) is 19.9 Å². The highest BCUT2D eigenvalue weighted by Crippen LogP contribution is 2.12. The van der Waals surface area contributed by atoms with E-state index in [0.29, 0.717) is 11.4 Å². The summed E-state index contributed by atoms with van der Waals surface area (Å²) in [6.45, 7) is 0.122. The van der Waals surface area contributed by atoms with Gasteiger partial charge in [-0.1, -0.05) is 0 Å². The van der Waals surface area contributed by atoms with Gasteiger partial charge in [-0.25, -0.2) is 13.1 Å². The molecule has 0 aliphatic carbocycles. The summed E-state index contributed by atoms with van der Waals surface area (Å²) in [6, 6.07) is 6.39. The molecule has 0 bridgehead atoms. The third-order valence-electron chi connectivity index (χ3n) is 2.40. The second-order valence-electron chi connectivity index (χ2n) is 3.69. The molecule has 19 heavy (non-hydrogen) atoms. The number of nitrogens with one attached hydrogen (secondary N) is 1. The molecule has 0 aliphatic rings. The lowest BCUT2D eigenvalue weighted by Gasteiger charge is -2.08. The zero-order chi connectivity index (χ0) is 13.7. The molecule has 0 radical (unpaired) electrons. The summed E-state index contributed by atoms with van der Waals surface area (Å²) in [5, 5.41) is 7.48. The zero-order valence-electron chi connectivity index (χ0n) is 10.0. The van der Waals surface area contributed by atoms with Gasteiger partial charge in [-0.3, -0.25) is 4.98 Å². The predicted molar refractivity (Wildman–Crippen MR) is 68.2 cm³/mol. The van der Waals surface area contributed by atoms with Crippen LogP contribution in [0.15, 0.2) is 41.6 Å². The third kappa shape index (κ3) is 3.31. The van der Waals surface area contributed by atoms with Crippen LogP contribution >= 0.6 is 0 Å². The maximum atomic E-state index is 12.1. The van der Waals surface area contributed by atoms with Crippen molar-refractivity contribution < 1.29 is 8.42 Å². The lowest BCUT2D eigenvalue weighted by molar-refractivity contribution is 0.578. The average molecular weight is 279 g/mol. The van der Waals surface area contributed by atoms with Crippen molar-refractivity contribution in [2.45, 2.75) is 18.0 Å². The summed E-state index contributed by atoms with van der Waals surface area (Å²) >= 11 is 0. The first-order chi connectivity index (χ1) is 9.13. The Labute approximate surface area is 110 Å². The fraction of sp³-hybridized carbons (Fsp3) is 0.182. The van der Waals surface area contributed by atoms with Crippen molar-refractivity contribution >= 4 is 10.0 Å². The molecule has 0 fully saturated rings. The van der Waals surface area contributed by atoms with E-state index in [1.807, 2.05) is 0 Å². The Bertz CT molecular complexity index is 645. The normalized spacial score (nSPS) is 11.4. The molecule has 3 N–H and O–H groups in total. The van der Waals surface area contributed by atoms with E-state index < -0.39 is 10.0 Å². The van der Waals surface area contributed by atoms with Gasteiger partial charge in [0.25, 0.3) is 0 Å². The lowest BCUT2D eigenvalue weighted by atomic mass is 10.3. The van der Waals surface area contributed by atoms with Gasteiger partial charge in [-0.2, -0.15) is 10.2 Å². The van der Waals surface area contributed by atoms with Crippen LogP contribution in [-0.4, -0.2) is 23.6 Å². The van der Waals surface area contributed by atoms with Crippen molar-refractivity contribution in [1.29, 1.82) is 0 Å². The number of aromatic nitrogens is 3. The van der Waals surface area contributed by atoms with Crippen LogP contribution in [0.25, 0.3) is 0 Å². The fourth-order valence-electron chi connectivity index (χ4n) is 1.50. The van der Waals surface area contributed by atoms with Crippen molar-refractivity contribution in [3.05, 3.63) is 48.0 Å². The minimum absolute atomic E-state index is 0.0578. The van der Waals surface area contributed by atoms with E-state index in [0.717, 1.165) is 0 Å². The standard InChI is InChI=1S/C11H13N5O2S/c12-7-10-11(4-2-5-13-10)19(17,18)15-8-9-3-1-6-14-16-9/h1-6,15H,7-8,12H2. The topological polar surface area (TPSA) is 111 Å². The molecule has 0 saturated heterocycles. The molecule has 2 rings (SSSR count). The molecule has 0 amide bonds. The van der Waals surface area contributed by atoms with Gasteiger partial charge in [-0.05, 0) is 24.3 Å². The molecule has 0 unspecified atom stereocenters. The summed E-state index contributed by atoms with van der Waals surface area (Å²) in [7, 11) is -3.66. The Morgan fingerprint density at radius 2 is 2.00 bits per heavy atom. The summed E-state index contributed by atoms with van der Waals surface area (Å²) in [5.41, 5.74) is 6.34. The molecule has 8 heteroatoms. The van der Waals surface area contributed by atoms with Crippen LogP contribution in [0.1, 0.15) is 11.4 Å². The SMILES string of the molecule is NCc1ncccc1S(=O)(=O)NCc1cccnn1. The van der Waals surface area contributed by atoms with Crippen LogP contribution in [0.4, 0.5) is 0 Å². The zero-order valence-corrected chi connectivity index (χ0v) is 10.8. The summed E-state index contributed by atoms with van der Waals surface area (Å²) in [6.07, 6.45) is 3.02. The Morgan fingerprint density at radius 1 is 1.21 bits per heavy atom. The van der Waals surface area contributed by atoms with Gasteiger partial charge in [-0.15, -0.1) is 0 Å². The highest BCUT2D eigenvalue weighted by atomic mass is 32.2. The van der Waals surface area contributed by atoms with Gasteiger partial charge in [0.05, 0.1) is 17.9 Å². The van der Waals surface area contributed by atoms with Crippen LogP contribution in [-0.2, 0) is 23.1 Å². The van der Waals surface area contributed by atoms with Crippen molar-refractivity contribution in [2.24, 2.45) is 5.73 Å². The Balaban J connectivity index is 2.19. The van der Waals surface area contributed by atoms with Gasteiger partial charge < -0.3 is 5.73 Å². The number of nitrogens with zero attached hydrogens (tertiary/aromatic N) is 3. The van der Waals surface area contributed by atoms with Crippen molar-refractivity contribution in [2.75, 3.05) is 0 Å². The molecule has 100 valence electrons. The summed E-state index contributed by atoms with van der Waals surface area (Å²) in [4.78, 5) is 4.03. The van der Waals surface area contributed by atoms with Gasteiger partial charge in [0.2, 0.25) is 10.0 Å². The van der Waals surface area contributed by atoms with Crippen LogP contribution in [0.5, 0.6) is 0 Å². The first kappa shape index (κ1) is 13.5. The molecule has 0 spiro atoms. The first-order valence-corrected chi connectivity index (χ1v) is 7.02. The average Bonchev–Trinajstić information content (AvgIpc) is 2.46. The van der Waals surface area contributed by atoms with Crippen molar-refractivity contribution in [3.8, 4) is 0 Å². The molecule has 0 saturated carbocycles. The second-order valence-corrected chi connectivity index (χ2v) is 5.43. The monoisotopic (exact) mass is 279 g/mol. The molecule has 2 heterocycles. The Morgan fingerprint density at radius 3 is 2.68 bits per heavy atom. The molecule has 0 atom stereocenters. The molecular formula is C11H13N5O2S. The Kier molecular flexibility index (Phi) is 4.15. The molecule has 2 aromatic heterocycles. The van der Waals surface area contributed by atoms with Crippen molar-refractivity contribution in [3.63, 3.8) is 0 Å². The molecular weight excluding hydrogens is 266 g/mol. The van der Waals surface area contributed by atoms with E-state index in [4.69, 9.17) is 5.73 Å². The van der Waals surface area contributed by atoms with Crippen molar-refractivity contribution in [1.82, 2.24) is 19.9 Å². The maximum absolute atomic E-state index is 12.1. The molecule has 2 aromatic rings. The minimum atomic E-state index is -3.66. The number of rotatable bonds is 5. The van der Waals surface area contributed by atoms with Crippen LogP contribution in [0.3, 0.4) is 0 Å². The largest absolute Gasteiger partial charge is 0.325 e. The van der Waals surface area contributed by atoms with E-state index in [1.54, 1.807) is 18.2 Å². The Hall–Kier alpha value is -1.90. The second kappa shape index (κ2) is 5.83. The smallest absolute Gasteiger partial charge is 0.242 e. The van der Waals surface area contributed by atoms with Gasteiger partial charge in [0.15, 0.2) is 0 Å². The fourth-order valence-corrected chi connectivity index (χ4v) is 2.69. The highest BCUT2D eigenvalue weighted by Gasteiger charge is 2.18. The number of sulfonamides is 1. The summed E-state index contributed by atoms with van der Waals surface area (Å²) in [5.74, 6) is 0. The molecule has 0 aromatic carbocycles. The predicted octanol–water partition coefficient (Wildman–Crippen LogP) is -0.191. The van der Waals surface area contributed by atoms with Crippen LogP contribution < -0.4 is 10.5 Å². The highest BCUT2D eigenvalue weighted by molar-refractivity contribution is 7.89. The van der Waals surface area contributed by atoms with Gasteiger partial charge in [0.1, 0.15) is 4.90 Å². The third-order valence-corrected chi connectivity index (χ3v) is 3.88. The van der Waals surface area contributed by atoms with Gasteiger partial charge in [0, 0.05) is 18.9 Å². The number of nitrogens with two attached hydrogens (primary N) is 1. The number of pyridine rings is 1. The molecule has 7 nitrogen and oxygen atoms in total. The first-order valence-electron chi connectivity index (χ1n) is 5.53. The lowest BCUT2D eigenvalue weighted by Crippen LogP contribution is -2.25. The van der Waals surface area contributed by atoms with Gasteiger partial charge >= 0.3 is 0 Å². The summed E-state index contributed by atoms with van der Waals surface area (Å²) < 4.78 is 26.7. The van der Waals surface area contributed by atoms with E-state index in [-0.39, 0.29) is 18.0 Å². The van der Waals surface area contributed by atoms with E-state index in [1.165, 1.54) is 18.5 Å². The van der Waals surface area contributed by atoms with E-state index in [9.17, 15) is 8.42 Å².